The van der Waals surface area contributed by atoms with Gasteiger partial charge in [-0.05, 0) is 20.8 Å². The van der Waals surface area contributed by atoms with Crippen molar-refractivity contribution in [3.8, 4) is 5.88 Å². The predicted octanol–water partition coefficient (Wildman–Crippen LogP) is 0.663. The fourth-order valence-corrected chi connectivity index (χ4v) is 1.30. The maximum Gasteiger partial charge on any atom is 0.242 e. The standard InChI is InChI=1S/C11H20N4O2/c1-7(2)17-11-9(12)10(13-6-14-11)15(4)8(3)5-16/h6-8,16H,5,12H2,1-4H3. The lowest BCUT2D eigenvalue weighted by Crippen LogP contribution is -2.33. The molecule has 1 aromatic heterocycles. The lowest BCUT2D eigenvalue weighted by Gasteiger charge is -2.25. The summed E-state index contributed by atoms with van der Waals surface area (Å²) < 4.78 is 5.48. The smallest absolute Gasteiger partial charge is 0.242 e. The lowest BCUT2D eigenvalue weighted by molar-refractivity contribution is 0.233. The van der Waals surface area contributed by atoms with E-state index in [1.807, 2.05) is 27.8 Å². The first kappa shape index (κ1) is 13.5. The summed E-state index contributed by atoms with van der Waals surface area (Å²) in [6.07, 6.45) is 1.41. The summed E-state index contributed by atoms with van der Waals surface area (Å²) in [5.41, 5.74) is 6.34. The minimum absolute atomic E-state index is 0.000575. The highest BCUT2D eigenvalue weighted by atomic mass is 16.5. The molecule has 3 N–H and O–H groups in total. The molecule has 17 heavy (non-hydrogen) atoms. The van der Waals surface area contributed by atoms with E-state index < -0.39 is 0 Å². The van der Waals surface area contributed by atoms with E-state index in [9.17, 15) is 0 Å². The molecule has 1 atom stereocenters. The van der Waals surface area contributed by atoms with Gasteiger partial charge in [0.05, 0.1) is 18.8 Å². The molecule has 0 amide bonds. The lowest BCUT2D eigenvalue weighted by atomic mass is 10.3. The summed E-state index contributed by atoms with van der Waals surface area (Å²) in [7, 11) is 1.82. The van der Waals surface area contributed by atoms with Crippen molar-refractivity contribution in [2.75, 3.05) is 24.3 Å². The second kappa shape index (κ2) is 5.67. The Morgan fingerprint density at radius 2 is 2.06 bits per heavy atom. The zero-order valence-electron chi connectivity index (χ0n) is 10.7. The SMILES string of the molecule is CC(C)Oc1ncnc(N(C)C(C)CO)c1N. The summed E-state index contributed by atoms with van der Waals surface area (Å²) in [5.74, 6) is 0.944. The molecule has 1 aromatic rings. The molecule has 0 saturated carbocycles. The number of hydrogen-bond acceptors (Lipinski definition) is 6. The maximum atomic E-state index is 9.11. The van der Waals surface area contributed by atoms with Gasteiger partial charge in [-0.2, -0.15) is 4.98 Å². The van der Waals surface area contributed by atoms with E-state index in [0.717, 1.165) is 0 Å². The molecule has 0 bridgehead atoms. The Morgan fingerprint density at radius 3 is 2.59 bits per heavy atom. The number of likely N-dealkylation sites (N-methyl/N-ethyl adjacent to an activating group) is 1. The summed E-state index contributed by atoms with van der Waals surface area (Å²) in [6, 6.07) is -0.0703. The minimum atomic E-state index is -0.0703. The second-order valence-corrected chi connectivity index (χ2v) is 4.23. The van der Waals surface area contributed by atoms with Gasteiger partial charge >= 0.3 is 0 Å². The quantitative estimate of drug-likeness (QED) is 0.786. The number of hydrogen-bond donors (Lipinski definition) is 2. The molecule has 6 heteroatoms. The van der Waals surface area contributed by atoms with Gasteiger partial charge in [0.1, 0.15) is 12.0 Å². The Kier molecular flexibility index (Phi) is 4.51. The van der Waals surface area contributed by atoms with Crippen LogP contribution in [0.1, 0.15) is 20.8 Å². The first-order chi connectivity index (χ1) is 7.97. The van der Waals surface area contributed by atoms with Crippen molar-refractivity contribution in [3.63, 3.8) is 0 Å². The fraction of sp³-hybridized carbons (Fsp3) is 0.636. The van der Waals surface area contributed by atoms with Gasteiger partial charge in [0, 0.05) is 7.05 Å². The van der Waals surface area contributed by atoms with E-state index in [1.165, 1.54) is 6.33 Å². The summed E-state index contributed by atoms with van der Waals surface area (Å²) in [4.78, 5) is 9.91. The molecular formula is C11H20N4O2. The highest BCUT2D eigenvalue weighted by Gasteiger charge is 2.17. The van der Waals surface area contributed by atoms with Crippen LogP contribution in [0.15, 0.2) is 6.33 Å². The number of nitrogens with zero attached hydrogens (tertiary/aromatic N) is 3. The molecular weight excluding hydrogens is 220 g/mol. The molecule has 0 aliphatic rings. The number of nitrogens with two attached hydrogens (primary N) is 1. The van der Waals surface area contributed by atoms with E-state index in [-0.39, 0.29) is 18.8 Å². The molecule has 0 aromatic carbocycles. The van der Waals surface area contributed by atoms with Crippen molar-refractivity contribution in [2.24, 2.45) is 0 Å². The zero-order chi connectivity index (χ0) is 13.0. The fourth-order valence-electron chi connectivity index (χ4n) is 1.30. The van der Waals surface area contributed by atoms with Gasteiger partial charge in [-0.1, -0.05) is 0 Å². The van der Waals surface area contributed by atoms with Gasteiger partial charge in [0.15, 0.2) is 5.82 Å². The van der Waals surface area contributed by atoms with Crippen molar-refractivity contribution in [1.29, 1.82) is 0 Å². The summed E-state index contributed by atoms with van der Waals surface area (Å²) >= 11 is 0. The van der Waals surface area contributed by atoms with Crippen LogP contribution in [0.4, 0.5) is 11.5 Å². The number of nitrogen functional groups attached to an aromatic ring is 1. The van der Waals surface area contributed by atoms with E-state index in [1.54, 1.807) is 4.90 Å². The molecule has 1 heterocycles. The molecule has 0 aliphatic heterocycles. The Bertz CT molecular complexity index is 370. The van der Waals surface area contributed by atoms with E-state index in [4.69, 9.17) is 15.6 Å². The summed E-state index contributed by atoms with van der Waals surface area (Å²) in [6.45, 7) is 5.72. The highest BCUT2D eigenvalue weighted by molar-refractivity contribution is 5.67. The normalized spacial score (nSPS) is 12.6. The monoisotopic (exact) mass is 240 g/mol. The number of aliphatic hydroxyl groups excluding tert-OH is 1. The van der Waals surface area contributed by atoms with Gasteiger partial charge < -0.3 is 20.5 Å². The third-order valence-corrected chi connectivity index (χ3v) is 2.43. The van der Waals surface area contributed by atoms with Crippen molar-refractivity contribution in [1.82, 2.24) is 9.97 Å². The number of aromatic nitrogens is 2. The topological polar surface area (TPSA) is 84.5 Å². The van der Waals surface area contributed by atoms with Crippen LogP contribution < -0.4 is 15.4 Å². The van der Waals surface area contributed by atoms with E-state index in [2.05, 4.69) is 9.97 Å². The van der Waals surface area contributed by atoms with Crippen LogP contribution in [0.3, 0.4) is 0 Å². The molecule has 1 unspecified atom stereocenters. The van der Waals surface area contributed by atoms with Crippen molar-refractivity contribution in [2.45, 2.75) is 32.9 Å². The Labute approximate surface area is 101 Å². The van der Waals surface area contributed by atoms with Crippen LogP contribution in [0.5, 0.6) is 5.88 Å². The largest absolute Gasteiger partial charge is 0.473 e. The Balaban J connectivity index is 3.01. The zero-order valence-corrected chi connectivity index (χ0v) is 10.7. The van der Waals surface area contributed by atoms with Gasteiger partial charge in [-0.15, -0.1) is 0 Å². The second-order valence-electron chi connectivity index (χ2n) is 4.23. The van der Waals surface area contributed by atoms with Crippen LogP contribution in [0.2, 0.25) is 0 Å². The van der Waals surface area contributed by atoms with Crippen molar-refractivity contribution in [3.05, 3.63) is 6.33 Å². The third-order valence-electron chi connectivity index (χ3n) is 2.43. The predicted molar refractivity (Wildman–Crippen MR) is 67.2 cm³/mol. The minimum Gasteiger partial charge on any atom is -0.473 e. The van der Waals surface area contributed by atoms with Gasteiger partial charge in [0.25, 0.3) is 0 Å². The highest BCUT2D eigenvalue weighted by Crippen LogP contribution is 2.28. The molecule has 0 radical (unpaired) electrons. The average Bonchev–Trinajstić information content (AvgIpc) is 2.29. The number of aliphatic hydroxyl groups is 1. The van der Waals surface area contributed by atoms with Crippen molar-refractivity contribution < 1.29 is 9.84 Å². The molecule has 1 rings (SSSR count). The van der Waals surface area contributed by atoms with E-state index >= 15 is 0 Å². The first-order valence-corrected chi connectivity index (χ1v) is 5.58. The average molecular weight is 240 g/mol. The van der Waals surface area contributed by atoms with Crippen LogP contribution >= 0.6 is 0 Å². The van der Waals surface area contributed by atoms with Crippen molar-refractivity contribution >= 4 is 11.5 Å². The van der Waals surface area contributed by atoms with Crippen LogP contribution in [0, 0.1) is 0 Å². The third kappa shape index (κ3) is 3.20. The van der Waals surface area contributed by atoms with Gasteiger partial charge in [0.2, 0.25) is 5.88 Å². The molecule has 0 aliphatic carbocycles. The first-order valence-electron chi connectivity index (χ1n) is 5.58. The Morgan fingerprint density at radius 1 is 1.41 bits per heavy atom. The van der Waals surface area contributed by atoms with Gasteiger partial charge in [-0.3, -0.25) is 0 Å². The molecule has 6 nitrogen and oxygen atoms in total. The number of rotatable bonds is 5. The molecule has 0 fully saturated rings. The Hall–Kier alpha value is -1.56. The molecule has 0 spiro atoms. The number of anilines is 2. The van der Waals surface area contributed by atoms with E-state index in [0.29, 0.717) is 17.4 Å². The number of ether oxygens (including phenoxy) is 1. The van der Waals surface area contributed by atoms with Crippen LogP contribution in [-0.2, 0) is 0 Å². The summed E-state index contributed by atoms with van der Waals surface area (Å²) in [5, 5.41) is 9.11. The van der Waals surface area contributed by atoms with Crippen LogP contribution in [-0.4, -0.2) is 40.9 Å². The maximum absolute atomic E-state index is 9.11. The van der Waals surface area contributed by atoms with Crippen LogP contribution in [0.25, 0.3) is 0 Å². The molecule has 96 valence electrons. The van der Waals surface area contributed by atoms with Gasteiger partial charge in [-0.25, -0.2) is 4.98 Å². The molecule has 0 saturated heterocycles.